The fraction of sp³-hybridized carbons (Fsp3) is 0.333. The summed E-state index contributed by atoms with van der Waals surface area (Å²) >= 11 is 15.2. The molecule has 0 spiro atoms. The predicted molar refractivity (Wildman–Crippen MR) is 107 cm³/mol. The van der Waals surface area contributed by atoms with Gasteiger partial charge in [-0.05, 0) is 19.8 Å². The lowest BCUT2D eigenvalue weighted by molar-refractivity contribution is -0.144. The van der Waals surface area contributed by atoms with E-state index in [0.29, 0.717) is 0 Å². The molecule has 1 aromatic carbocycles. The van der Waals surface area contributed by atoms with Crippen molar-refractivity contribution in [3.05, 3.63) is 35.9 Å². The van der Waals surface area contributed by atoms with Crippen molar-refractivity contribution in [2.24, 2.45) is 0 Å². The number of thiocarbonyl (C=S) groups is 2. The minimum absolute atomic E-state index is 0.0662. The van der Waals surface area contributed by atoms with Crippen LogP contribution in [0.5, 0.6) is 0 Å². The van der Waals surface area contributed by atoms with Crippen LogP contribution >= 0.6 is 31.8 Å². The summed E-state index contributed by atoms with van der Waals surface area (Å²) in [6, 6.07) is 9.19. The van der Waals surface area contributed by atoms with Crippen molar-refractivity contribution in [2.75, 3.05) is 13.2 Å². The van der Waals surface area contributed by atoms with E-state index in [-0.39, 0.29) is 19.8 Å². The number of carbonyl (C=O) groups excluding carboxylic acids is 2. The molecule has 24 heavy (non-hydrogen) atoms. The maximum absolute atomic E-state index is 12.5. The van der Waals surface area contributed by atoms with Crippen molar-refractivity contribution in [2.45, 2.75) is 18.8 Å². The normalized spacial score (nSPS) is 11.0. The van der Waals surface area contributed by atoms with E-state index in [9.17, 15) is 9.59 Å². The van der Waals surface area contributed by atoms with E-state index < -0.39 is 24.7 Å². The van der Waals surface area contributed by atoms with Gasteiger partial charge in [0.15, 0.2) is 0 Å². The van der Waals surface area contributed by atoms with Crippen molar-refractivity contribution < 1.29 is 19.1 Å². The third kappa shape index (κ3) is 5.70. The van der Waals surface area contributed by atoms with E-state index in [1.807, 2.05) is 30.3 Å². The van der Waals surface area contributed by atoms with Crippen LogP contribution in [0.25, 0.3) is 0 Å². The second-order valence-electron chi connectivity index (χ2n) is 4.67. The summed E-state index contributed by atoms with van der Waals surface area (Å²) in [6.07, 6.45) is -0.716. The van der Waals surface area contributed by atoms with E-state index >= 15 is 0 Å². The van der Waals surface area contributed by atoms with Crippen LogP contribution < -0.4 is 0 Å². The number of carbonyl (C=O) groups is 2. The lowest BCUT2D eigenvalue weighted by Gasteiger charge is -2.34. The van der Waals surface area contributed by atoms with Crippen LogP contribution in [-0.4, -0.2) is 46.1 Å². The smallest absolute Gasteiger partial charge is 0.411 e. The average molecular weight is 403 g/mol. The molecule has 0 aliphatic heterocycles. The zero-order chi connectivity index (χ0) is 18.0. The standard InChI is InChI=1S/C15H18NO4PS3/c1-2-19-13(17)8-16(15(10-22,11-23)21-24)14(18)20-9-12-6-4-3-5-7-12/h3-7,10-11H,2,8-9,21H2,1H3. The Morgan fingerprint density at radius 1 is 1.21 bits per heavy atom. The van der Waals surface area contributed by atoms with Crippen molar-refractivity contribution >= 4 is 66.4 Å². The van der Waals surface area contributed by atoms with Gasteiger partial charge in [-0.2, -0.15) is 0 Å². The maximum Gasteiger partial charge on any atom is 0.411 e. The van der Waals surface area contributed by atoms with Gasteiger partial charge >= 0.3 is 12.1 Å². The maximum atomic E-state index is 12.5. The Labute approximate surface area is 158 Å². The quantitative estimate of drug-likeness (QED) is 0.357. The second-order valence-corrected chi connectivity index (χ2v) is 7.01. The molecule has 1 aromatic rings. The number of esters is 1. The first-order valence-corrected chi connectivity index (χ1v) is 10.5. The Bertz CT molecular complexity index is 590. The monoisotopic (exact) mass is 403 g/mol. The molecule has 9 heteroatoms. The summed E-state index contributed by atoms with van der Waals surface area (Å²) in [7, 11) is -0.789. The lowest BCUT2D eigenvalue weighted by Crippen LogP contribution is -2.52. The highest BCUT2D eigenvalue weighted by Gasteiger charge is 2.36. The van der Waals surface area contributed by atoms with Gasteiger partial charge in [-0.3, -0.25) is 9.69 Å². The summed E-state index contributed by atoms with van der Waals surface area (Å²) in [5, 5.41) is 1.50. The topological polar surface area (TPSA) is 55.8 Å². The van der Waals surface area contributed by atoms with Crippen LogP contribution in [0.4, 0.5) is 4.79 Å². The summed E-state index contributed by atoms with van der Waals surface area (Å²) in [5.41, 5.74) is 0.822. The molecule has 0 aromatic heterocycles. The molecule has 0 saturated carbocycles. The molecule has 0 radical (unpaired) electrons. The highest BCUT2D eigenvalue weighted by atomic mass is 32.4. The van der Waals surface area contributed by atoms with Gasteiger partial charge in [-0.25, -0.2) is 4.79 Å². The average Bonchev–Trinajstić information content (AvgIpc) is 2.61. The van der Waals surface area contributed by atoms with Crippen molar-refractivity contribution in [3.8, 4) is 0 Å². The van der Waals surface area contributed by atoms with Crippen LogP contribution in [0.3, 0.4) is 0 Å². The number of benzene rings is 1. The molecule has 1 unspecified atom stereocenters. The van der Waals surface area contributed by atoms with Gasteiger partial charge in [-0.15, -0.1) is 11.8 Å². The minimum atomic E-state index is -1.12. The van der Waals surface area contributed by atoms with Crippen molar-refractivity contribution in [1.29, 1.82) is 0 Å². The highest BCUT2D eigenvalue weighted by Crippen LogP contribution is 2.26. The number of hydrogen-bond donors (Lipinski definition) is 0. The number of nitrogens with zero attached hydrogens (tertiary/aromatic N) is 1. The minimum Gasteiger partial charge on any atom is -0.465 e. The molecule has 0 N–H and O–H groups in total. The Hall–Kier alpha value is -1.21. The van der Waals surface area contributed by atoms with Crippen LogP contribution in [0.15, 0.2) is 30.3 Å². The van der Waals surface area contributed by atoms with Gasteiger partial charge in [0.1, 0.15) is 18.4 Å². The van der Waals surface area contributed by atoms with Crippen LogP contribution in [0.1, 0.15) is 12.5 Å². The zero-order valence-corrected chi connectivity index (χ0v) is 16.6. The number of amides is 1. The molecule has 1 atom stereocenters. The molecule has 130 valence electrons. The van der Waals surface area contributed by atoms with E-state index in [2.05, 4.69) is 0 Å². The third-order valence-electron chi connectivity index (χ3n) is 3.05. The van der Waals surface area contributed by atoms with Crippen molar-refractivity contribution in [1.82, 2.24) is 4.90 Å². The number of ether oxygens (including phenoxy) is 2. The van der Waals surface area contributed by atoms with Gasteiger partial charge in [0.05, 0.1) is 6.61 Å². The summed E-state index contributed by atoms with van der Waals surface area (Å²) in [4.78, 5) is 25.5. The molecule has 0 saturated heterocycles. The molecule has 1 rings (SSSR count). The molecular formula is C15H18NO4PS3. The van der Waals surface area contributed by atoms with Crippen molar-refractivity contribution in [3.63, 3.8) is 0 Å². The molecule has 0 aliphatic carbocycles. The Morgan fingerprint density at radius 2 is 1.83 bits per heavy atom. The molecule has 0 bridgehead atoms. The number of rotatable bonds is 9. The Morgan fingerprint density at radius 3 is 2.33 bits per heavy atom. The van der Waals surface area contributed by atoms with E-state index in [1.165, 1.54) is 10.7 Å². The molecular weight excluding hydrogens is 385 g/mol. The fourth-order valence-corrected chi connectivity index (χ4v) is 4.39. The SMILES string of the molecule is CCOC(=O)CN(C(=O)OCc1ccccc1)C(C=S)(C=S)[PH2]=S. The van der Waals surface area contributed by atoms with Gasteiger partial charge in [0.25, 0.3) is 0 Å². The lowest BCUT2D eigenvalue weighted by atomic mass is 10.2. The summed E-state index contributed by atoms with van der Waals surface area (Å²) < 4.78 is 10.2. The fourth-order valence-electron chi connectivity index (χ4n) is 1.77. The first kappa shape index (κ1) is 20.8. The van der Waals surface area contributed by atoms with Gasteiger partial charge < -0.3 is 9.47 Å². The largest absolute Gasteiger partial charge is 0.465 e. The number of hydrogen-bond acceptors (Lipinski definition) is 7. The third-order valence-corrected chi connectivity index (χ3v) is 6.45. The molecule has 0 heterocycles. The first-order valence-electron chi connectivity index (χ1n) is 7.06. The van der Waals surface area contributed by atoms with Gasteiger partial charge in [0, 0.05) is 10.7 Å². The van der Waals surface area contributed by atoms with Gasteiger partial charge in [0.2, 0.25) is 0 Å². The molecule has 5 nitrogen and oxygen atoms in total. The Balaban J connectivity index is 2.95. The van der Waals surface area contributed by atoms with Crippen LogP contribution in [0.2, 0.25) is 0 Å². The van der Waals surface area contributed by atoms with E-state index in [4.69, 9.17) is 45.7 Å². The summed E-state index contributed by atoms with van der Waals surface area (Å²) in [6.45, 7) is 1.62. The van der Waals surface area contributed by atoms with Crippen LogP contribution in [0, 0.1) is 0 Å². The summed E-state index contributed by atoms with van der Waals surface area (Å²) in [5.74, 6) is -0.574. The molecule has 0 aliphatic rings. The van der Waals surface area contributed by atoms with Crippen LogP contribution in [-0.2, 0) is 32.7 Å². The van der Waals surface area contributed by atoms with Gasteiger partial charge in [-0.1, -0.05) is 54.8 Å². The first-order chi connectivity index (χ1) is 11.5. The highest BCUT2D eigenvalue weighted by molar-refractivity contribution is 7.99. The van der Waals surface area contributed by atoms with E-state index in [0.717, 1.165) is 10.5 Å². The Kier molecular flexibility index (Phi) is 9.21. The van der Waals surface area contributed by atoms with E-state index in [1.54, 1.807) is 6.92 Å². The second kappa shape index (κ2) is 10.6. The zero-order valence-electron chi connectivity index (χ0n) is 13.0. The predicted octanol–water partition coefficient (Wildman–Crippen LogP) is 2.76. The molecule has 1 amide bonds. The molecule has 0 fully saturated rings.